The Morgan fingerprint density at radius 1 is 0.853 bits per heavy atom. The highest BCUT2D eigenvalue weighted by Crippen LogP contribution is 2.12. The summed E-state index contributed by atoms with van der Waals surface area (Å²) in [5, 5.41) is 17.5. The van der Waals surface area contributed by atoms with Crippen molar-refractivity contribution < 1.29 is 24.3 Å². The molecule has 11 heteroatoms. The SMILES string of the molecule is CCC(C)C(N)C(=O)NC(CCCCN)C(=O)NC(C(=O)NC(CCSC)C(=O)O)C(C)CC. The van der Waals surface area contributed by atoms with E-state index in [2.05, 4.69) is 16.0 Å². The first-order valence-corrected chi connectivity index (χ1v) is 13.5. The van der Waals surface area contributed by atoms with Crippen molar-refractivity contribution in [2.24, 2.45) is 23.3 Å². The smallest absolute Gasteiger partial charge is 0.326 e. The van der Waals surface area contributed by atoms with E-state index in [0.29, 0.717) is 38.0 Å². The van der Waals surface area contributed by atoms with E-state index >= 15 is 0 Å². The van der Waals surface area contributed by atoms with Gasteiger partial charge in [-0.25, -0.2) is 4.79 Å². The van der Waals surface area contributed by atoms with Crippen molar-refractivity contribution in [3.05, 3.63) is 0 Å². The van der Waals surface area contributed by atoms with Gasteiger partial charge in [0.05, 0.1) is 6.04 Å². The monoisotopic (exact) mass is 503 g/mol. The molecular formula is C23H45N5O5S. The van der Waals surface area contributed by atoms with Crippen LogP contribution in [0.3, 0.4) is 0 Å². The Morgan fingerprint density at radius 2 is 1.44 bits per heavy atom. The van der Waals surface area contributed by atoms with Crippen LogP contribution in [0.2, 0.25) is 0 Å². The number of carbonyl (C=O) groups is 4. The third-order valence-corrected chi connectivity index (χ3v) is 6.80. The first-order valence-electron chi connectivity index (χ1n) is 12.1. The second kappa shape index (κ2) is 17.6. The van der Waals surface area contributed by atoms with Crippen LogP contribution in [0.5, 0.6) is 0 Å². The molecule has 0 saturated heterocycles. The fourth-order valence-electron chi connectivity index (χ4n) is 3.25. The van der Waals surface area contributed by atoms with E-state index in [1.165, 1.54) is 11.8 Å². The summed E-state index contributed by atoms with van der Waals surface area (Å²) in [6.07, 6.45) is 5.08. The standard InChI is InChI=1S/C23H45N5O5S/c1-6-14(3)18(25)21(30)26-16(10-8-9-12-24)20(29)28-19(15(4)7-2)22(31)27-17(23(32)33)11-13-34-5/h14-19H,6-13,24-25H2,1-5H3,(H,26,30)(H,27,31)(H,28,29)(H,32,33). The lowest BCUT2D eigenvalue weighted by molar-refractivity contribution is -0.142. The van der Waals surface area contributed by atoms with E-state index in [-0.39, 0.29) is 18.3 Å². The van der Waals surface area contributed by atoms with Crippen molar-refractivity contribution in [1.29, 1.82) is 0 Å². The lowest BCUT2D eigenvalue weighted by Crippen LogP contribution is -2.59. The molecule has 0 fully saturated rings. The molecular weight excluding hydrogens is 458 g/mol. The zero-order valence-corrected chi connectivity index (χ0v) is 22.1. The molecule has 198 valence electrons. The van der Waals surface area contributed by atoms with E-state index in [9.17, 15) is 24.3 Å². The van der Waals surface area contributed by atoms with Crippen LogP contribution in [-0.4, -0.2) is 71.5 Å². The minimum atomic E-state index is -1.12. The van der Waals surface area contributed by atoms with Crippen LogP contribution in [0.25, 0.3) is 0 Å². The molecule has 34 heavy (non-hydrogen) atoms. The first-order chi connectivity index (χ1) is 16.0. The molecule has 8 N–H and O–H groups in total. The summed E-state index contributed by atoms with van der Waals surface area (Å²) < 4.78 is 0. The quantitative estimate of drug-likeness (QED) is 0.149. The molecule has 0 aliphatic heterocycles. The fourth-order valence-corrected chi connectivity index (χ4v) is 3.72. The number of carboxylic acid groups (broad SMARTS) is 1. The van der Waals surface area contributed by atoms with E-state index in [1.54, 1.807) is 0 Å². The Labute approximate surface area is 208 Å². The zero-order chi connectivity index (χ0) is 26.3. The van der Waals surface area contributed by atoms with Crippen molar-refractivity contribution >= 4 is 35.5 Å². The molecule has 0 spiro atoms. The van der Waals surface area contributed by atoms with Crippen LogP contribution in [0.1, 0.15) is 66.2 Å². The lowest BCUT2D eigenvalue weighted by atomic mass is 9.96. The van der Waals surface area contributed by atoms with Gasteiger partial charge in [-0.05, 0) is 56.1 Å². The highest BCUT2D eigenvalue weighted by atomic mass is 32.2. The van der Waals surface area contributed by atoms with E-state index in [0.717, 1.165) is 6.42 Å². The van der Waals surface area contributed by atoms with E-state index < -0.39 is 47.9 Å². The minimum absolute atomic E-state index is 0.0550. The molecule has 0 aromatic carbocycles. The lowest BCUT2D eigenvalue weighted by Gasteiger charge is -2.28. The maximum Gasteiger partial charge on any atom is 0.326 e. The Bertz CT molecular complexity index is 651. The molecule has 0 aliphatic carbocycles. The second-order valence-electron chi connectivity index (χ2n) is 8.81. The molecule has 10 nitrogen and oxygen atoms in total. The topological polar surface area (TPSA) is 177 Å². The maximum absolute atomic E-state index is 13.2. The Balaban J connectivity index is 5.55. The van der Waals surface area contributed by atoms with Gasteiger partial charge in [0.25, 0.3) is 0 Å². The van der Waals surface area contributed by atoms with Crippen molar-refractivity contribution in [1.82, 2.24) is 16.0 Å². The second-order valence-corrected chi connectivity index (χ2v) is 9.80. The number of carbonyl (C=O) groups excluding carboxylic acids is 3. The van der Waals surface area contributed by atoms with Gasteiger partial charge in [-0.2, -0.15) is 11.8 Å². The number of hydrogen-bond donors (Lipinski definition) is 6. The predicted molar refractivity (Wildman–Crippen MR) is 136 cm³/mol. The van der Waals surface area contributed by atoms with Crippen LogP contribution in [0.4, 0.5) is 0 Å². The zero-order valence-electron chi connectivity index (χ0n) is 21.3. The van der Waals surface area contributed by atoms with Gasteiger partial charge >= 0.3 is 5.97 Å². The van der Waals surface area contributed by atoms with Gasteiger partial charge in [0.2, 0.25) is 17.7 Å². The summed E-state index contributed by atoms with van der Waals surface area (Å²) in [7, 11) is 0. The summed E-state index contributed by atoms with van der Waals surface area (Å²) in [4.78, 5) is 50.3. The summed E-state index contributed by atoms with van der Waals surface area (Å²) in [5.74, 6) is -2.33. The van der Waals surface area contributed by atoms with Crippen LogP contribution < -0.4 is 27.4 Å². The molecule has 6 atom stereocenters. The number of aliphatic carboxylic acids is 1. The molecule has 0 bridgehead atoms. The summed E-state index contributed by atoms with van der Waals surface area (Å²) >= 11 is 1.49. The Kier molecular flexibility index (Phi) is 16.6. The van der Waals surface area contributed by atoms with Crippen LogP contribution in [-0.2, 0) is 19.2 Å². The number of nitrogens with one attached hydrogen (secondary N) is 3. The number of nitrogens with two attached hydrogens (primary N) is 2. The van der Waals surface area contributed by atoms with Gasteiger partial charge in [0.1, 0.15) is 18.1 Å². The minimum Gasteiger partial charge on any atom is -0.480 e. The Morgan fingerprint density at radius 3 is 1.94 bits per heavy atom. The van der Waals surface area contributed by atoms with Crippen molar-refractivity contribution in [2.75, 3.05) is 18.6 Å². The van der Waals surface area contributed by atoms with Gasteiger partial charge < -0.3 is 32.5 Å². The van der Waals surface area contributed by atoms with E-state index in [4.69, 9.17) is 11.5 Å². The predicted octanol–water partition coefficient (Wildman–Crippen LogP) is 0.827. The maximum atomic E-state index is 13.2. The number of hydrogen-bond acceptors (Lipinski definition) is 7. The summed E-state index contributed by atoms with van der Waals surface area (Å²) in [6.45, 7) is 7.95. The van der Waals surface area contributed by atoms with Crippen molar-refractivity contribution in [3.8, 4) is 0 Å². The largest absolute Gasteiger partial charge is 0.480 e. The molecule has 0 rings (SSSR count). The molecule has 0 heterocycles. The molecule has 0 aromatic heterocycles. The van der Waals surface area contributed by atoms with Crippen LogP contribution in [0, 0.1) is 11.8 Å². The summed E-state index contributed by atoms with van der Waals surface area (Å²) in [5.41, 5.74) is 11.6. The molecule has 0 saturated carbocycles. The highest BCUT2D eigenvalue weighted by Gasteiger charge is 2.32. The molecule has 0 aliphatic rings. The average Bonchev–Trinajstić information content (AvgIpc) is 2.82. The molecule has 3 amide bonds. The molecule has 0 radical (unpaired) electrons. The number of thioether (sulfide) groups is 1. The van der Waals surface area contributed by atoms with Crippen molar-refractivity contribution in [2.45, 2.75) is 90.4 Å². The van der Waals surface area contributed by atoms with Crippen LogP contribution in [0.15, 0.2) is 0 Å². The van der Waals surface area contributed by atoms with E-state index in [1.807, 2.05) is 34.0 Å². The van der Waals surface area contributed by atoms with Gasteiger partial charge in [-0.3, -0.25) is 14.4 Å². The highest BCUT2D eigenvalue weighted by molar-refractivity contribution is 7.98. The van der Waals surface area contributed by atoms with Gasteiger partial charge in [-0.1, -0.05) is 40.5 Å². The number of carboxylic acids is 1. The van der Waals surface area contributed by atoms with Gasteiger partial charge in [-0.15, -0.1) is 0 Å². The molecule has 6 unspecified atom stereocenters. The normalized spacial score (nSPS) is 16.4. The van der Waals surface area contributed by atoms with Crippen molar-refractivity contribution in [3.63, 3.8) is 0 Å². The van der Waals surface area contributed by atoms with Gasteiger partial charge in [0, 0.05) is 0 Å². The number of rotatable bonds is 18. The first kappa shape index (κ1) is 32.1. The third kappa shape index (κ3) is 11.5. The molecule has 0 aromatic rings. The van der Waals surface area contributed by atoms with Gasteiger partial charge in [0.15, 0.2) is 0 Å². The fraction of sp³-hybridized carbons (Fsp3) is 0.826. The Hall–Kier alpha value is -1.85. The summed E-state index contributed by atoms with van der Waals surface area (Å²) in [6, 6.07) is -3.61. The number of amides is 3. The number of unbranched alkanes of at least 4 members (excludes halogenated alkanes) is 1. The average molecular weight is 504 g/mol. The van der Waals surface area contributed by atoms with Crippen LogP contribution >= 0.6 is 11.8 Å². The third-order valence-electron chi connectivity index (χ3n) is 6.16.